The Bertz CT molecular complexity index is 5670. The average molecular weight is 1520 g/mol. The van der Waals surface area contributed by atoms with Gasteiger partial charge in [-0.3, -0.25) is 9.78 Å². The van der Waals surface area contributed by atoms with Crippen LogP contribution in [0, 0.1) is 5.82 Å². The average Bonchev–Trinajstić information content (AvgIpc) is 1.60. The number of hydrogen-bond acceptors (Lipinski definition) is 26. The van der Waals surface area contributed by atoms with Crippen LogP contribution in [0.2, 0.25) is 0 Å². The van der Waals surface area contributed by atoms with E-state index in [4.69, 9.17) is 39.5 Å². The van der Waals surface area contributed by atoms with Crippen molar-refractivity contribution in [2.24, 2.45) is 0 Å². The Labute approximate surface area is 645 Å². The third-order valence-electron chi connectivity index (χ3n) is 17.3. The molecule has 0 radical (unpaired) electrons. The van der Waals surface area contributed by atoms with E-state index in [1.807, 2.05) is 164 Å². The third kappa shape index (κ3) is 17.2. The number of benzene rings is 3. The first-order valence-corrected chi connectivity index (χ1v) is 36.6. The molecule has 0 bridgehead atoms. The van der Waals surface area contributed by atoms with Crippen LogP contribution in [0.4, 0.5) is 45.0 Å². The van der Waals surface area contributed by atoms with Crippen LogP contribution in [0.25, 0.3) is 111 Å². The monoisotopic (exact) mass is 1520 g/mol. The summed E-state index contributed by atoms with van der Waals surface area (Å²) in [6, 6.07) is 24.9. The molecule has 1 aliphatic rings. The van der Waals surface area contributed by atoms with E-state index in [9.17, 15) is 14.3 Å². The molecule has 0 fully saturated rings. The molecule has 34 heteroatoms. The van der Waals surface area contributed by atoms with E-state index in [1.165, 1.54) is 50.1 Å². The number of phenolic OH excluding ortho intramolecular Hbond substituents is 1. The summed E-state index contributed by atoms with van der Waals surface area (Å²) in [6.07, 6.45) is 17.9. The molecule has 13 aromatic heterocycles. The Hall–Kier alpha value is -13.8. The molecular formula is C78H94FN31O2. The molecule has 14 heterocycles. The summed E-state index contributed by atoms with van der Waals surface area (Å²) in [5, 5.41) is 34.4. The van der Waals surface area contributed by atoms with E-state index < -0.39 is 5.82 Å². The molecule has 33 nitrogen and oxygen atoms in total. The number of carbonyl (C=O) groups excluding carboxylic acids is 1. The molecule has 17 rings (SSSR count). The molecule has 1 aliphatic heterocycles. The van der Waals surface area contributed by atoms with E-state index in [0.29, 0.717) is 75.0 Å². The molecule has 0 unspecified atom stereocenters. The van der Waals surface area contributed by atoms with Crippen molar-refractivity contribution in [1.29, 1.82) is 0 Å². The lowest BCUT2D eigenvalue weighted by atomic mass is 10.0. The van der Waals surface area contributed by atoms with E-state index in [-0.39, 0.29) is 41.9 Å². The lowest BCUT2D eigenvalue weighted by Gasteiger charge is -2.07. The Morgan fingerprint density at radius 3 is 1.39 bits per heavy atom. The molecule has 0 spiro atoms. The summed E-state index contributed by atoms with van der Waals surface area (Å²) >= 11 is 0. The number of nitrogen functional groups attached to an aromatic ring is 6. The quantitative estimate of drug-likeness (QED) is 0.0630. The van der Waals surface area contributed by atoms with Crippen molar-refractivity contribution < 1.29 is 14.3 Å². The number of hydrogen-bond donors (Lipinski definition) is 8. The highest BCUT2D eigenvalue weighted by molar-refractivity contribution is 6.04. The number of pyridine rings is 1. The molecule has 112 heavy (non-hydrogen) atoms. The Kier molecular flexibility index (Phi) is 25.6. The molecule has 14 N–H and O–H groups in total. The zero-order valence-electron chi connectivity index (χ0n) is 65.5. The van der Waals surface area contributed by atoms with Gasteiger partial charge in [0.1, 0.15) is 107 Å². The second kappa shape index (κ2) is 35.5. The van der Waals surface area contributed by atoms with Gasteiger partial charge in [-0.1, -0.05) is 64.1 Å². The lowest BCUT2D eigenvalue weighted by molar-refractivity contribution is -0.115. The number of carbonyl (C=O) groups is 1. The summed E-state index contributed by atoms with van der Waals surface area (Å²) in [4.78, 5) is 69.3. The van der Waals surface area contributed by atoms with Crippen LogP contribution in [0.1, 0.15) is 153 Å². The third-order valence-corrected chi connectivity index (χ3v) is 17.3. The van der Waals surface area contributed by atoms with Gasteiger partial charge in [-0.05, 0) is 131 Å². The summed E-state index contributed by atoms with van der Waals surface area (Å²) in [6.45, 7) is 32.6. The Balaban J connectivity index is 0.000000143. The maximum atomic E-state index is 13.6. The van der Waals surface area contributed by atoms with Gasteiger partial charge in [0.05, 0.1) is 45.9 Å². The van der Waals surface area contributed by atoms with Gasteiger partial charge in [-0.2, -0.15) is 20.4 Å². The lowest BCUT2D eigenvalue weighted by Crippen LogP contribution is -2.04. The van der Waals surface area contributed by atoms with Gasteiger partial charge >= 0.3 is 0 Å². The molecule has 0 saturated carbocycles. The predicted molar refractivity (Wildman–Crippen MR) is 439 cm³/mol. The summed E-state index contributed by atoms with van der Waals surface area (Å²) in [5.41, 5.74) is 48.8. The molecule has 3 aromatic carbocycles. The molecule has 580 valence electrons. The molecule has 1 amide bonds. The minimum atomic E-state index is -0.508. The van der Waals surface area contributed by atoms with Crippen molar-refractivity contribution in [3.05, 3.63) is 159 Å². The first-order chi connectivity index (χ1) is 53.8. The number of nitrogens with zero attached hydrogens (tertiary/aromatic N) is 24. The maximum absolute atomic E-state index is 13.6. The summed E-state index contributed by atoms with van der Waals surface area (Å²) in [7, 11) is 0. The topological polar surface area (TPSA) is 467 Å². The fraction of sp³-hybridized carbons (Fsp3) is 0.295. The van der Waals surface area contributed by atoms with Crippen molar-refractivity contribution in [1.82, 2.24) is 118 Å². The van der Waals surface area contributed by atoms with Crippen molar-refractivity contribution in [2.45, 2.75) is 153 Å². The number of halogens is 1. The largest absolute Gasteiger partial charge is 0.508 e. The van der Waals surface area contributed by atoms with E-state index >= 15 is 0 Å². The maximum Gasteiger partial charge on any atom is 0.228 e. The van der Waals surface area contributed by atoms with Crippen molar-refractivity contribution in [2.75, 3.05) is 39.7 Å². The zero-order valence-corrected chi connectivity index (χ0v) is 65.5. The van der Waals surface area contributed by atoms with Crippen LogP contribution >= 0.6 is 0 Å². The number of aromatic hydroxyl groups is 1. The molecule has 0 aliphatic carbocycles. The van der Waals surface area contributed by atoms with Gasteiger partial charge in [-0.25, -0.2) is 87.9 Å². The first kappa shape index (κ1) is 80.7. The van der Waals surface area contributed by atoms with Gasteiger partial charge in [-0.15, -0.1) is 0 Å². The molecule has 0 atom stereocenters. The minimum Gasteiger partial charge on any atom is -0.508 e. The van der Waals surface area contributed by atoms with E-state index in [0.717, 1.165) is 101 Å². The number of nitrogens with one attached hydrogen (secondary N) is 1. The zero-order chi connectivity index (χ0) is 80.9. The smallest absolute Gasteiger partial charge is 0.228 e. The highest BCUT2D eigenvalue weighted by Gasteiger charge is 2.25. The highest BCUT2D eigenvalue weighted by Crippen LogP contribution is 2.39. The number of rotatable bonds is 10. The second-order valence-corrected chi connectivity index (χ2v) is 26.8. The van der Waals surface area contributed by atoms with Gasteiger partial charge in [0.15, 0.2) is 34.1 Å². The Morgan fingerprint density at radius 1 is 0.429 bits per heavy atom. The van der Waals surface area contributed by atoms with Gasteiger partial charge in [0, 0.05) is 88.8 Å². The highest BCUT2D eigenvalue weighted by atomic mass is 19.1. The number of fused-ring (bicyclic) bond motifs is 7. The number of anilines is 7. The molecule has 0 saturated heterocycles. The number of nitrogens with two attached hydrogens (primary N) is 6. The van der Waals surface area contributed by atoms with Crippen LogP contribution in [0.15, 0.2) is 148 Å². The number of phenols is 1. The fourth-order valence-corrected chi connectivity index (χ4v) is 12.1. The molecule has 16 aromatic rings. The Morgan fingerprint density at radius 2 is 0.893 bits per heavy atom. The van der Waals surface area contributed by atoms with Crippen LogP contribution in [0.5, 0.6) is 5.75 Å². The molecular weight excluding hydrogens is 1420 g/mol. The van der Waals surface area contributed by atoms with E-state index in [1.54, 1.807) is 24.9 Å². The standard InChI is InChI=1S/C16H16N6O.C15H15FN4O.C14H15N5.C13H14N6.2C8H11N5.2C2H6/c1-8(2)22-16-13(15(17)18-7-19-16)14(21-22)9-3-4-11-10(5-9)6-12(23)20-11;1-8(2)20-6-12(9-3-10(16)5-11(21)4-9)13-14(17)18-7-19-15(13)20;1-9(2)19-14-11(13(15)16-8-17-14)12(18-19)10-6-4-3-5-7-10;1-8(2)19-13-10(12(14)16-7-17-13)11(18-19)9-4-3-5-15-6-9;1-5(2)13-4-12-6-7(9)10-3-11-8(6)13;1-5(2)13-8-6(3-12-13)7(9)10-4-11-8;2*1-2/h3-5,7-8H,6H2,1-2H3,(H,20,23)(H2,17,18,19);3-8,21H,1-2H3,(H2,17,18,19);3-9H,1-2H3,(H2,15,16,17);3-8H,1-2H3,(H2,14,16,17);2*3-5H,1-2H3,(H2,9,10,11);2*1-2H3. The van der Waals surface area contributed by atoms with Gasteiger partial charge in [0.2, 0.25) is 5.91 Å². The van der Waals surface area contributed by atoms with Gasteiger partial charge < -0.3 is 54.0 Å². The van der Waals surface area contributed by atoms with Crippen molar-refractivity contribution >= 4 is 113 Å². The predicted octanol–water partition coefficient (Wildman–Crippen LogP) is 14.0. The minimum absolute atomic E-state index is 0.0116. The van der Waals surface area contributed by atoms with Crippen molar-refractivity contribution in [3.8, 4) is 50.6 Å². The number of imidazole rings is 1. The normalized spacial score (nSPS) is 11.5. The fourth-order valence-electron chi connectivity index (χ4n) is 12.1. The summed E-state index contributed by atoms with van der Waals surface area (Å²) in [5.74, 6) is 1.94. The van der Waals surface area contributed by atoms with Gasteiger partial charge in [0.25, 0.3) is 0 Å². The van der Waals surface area contributed by atoms with E-state index in [2.05, 4.69) is 132 Å². The second-order valence-electron chi connectivity index (χ2n) is 26.8. The first-order valence-electron chi connectivity index (χ1n) is 36.6. The van der Waals surface area contributed by atoms with Crippen LogP contribution < -0.4 is 39.7 Å². The summed E-state index contributed by atoms with van der Waals surface area (Å²) < 4.78 is 24.9. The number of aromatic nitrogens is 24. The van der Waals surface area contributed by atoms with Crippen LogP contribution in [-0.2, 0) is 11.2 Å². The van der Waals surface area contributed by atoms with Crippen LogP contribution in [-0.4, -0.2) is 129 Å². The van der Waals surface area contributed by atoms with Crippen LogP contribution in [0.3, 0.4) is 0 Å². The SMILES string of the molecule is CC.CC.CC(C)n1cc(-c2cc(O)cc(F)c2)c2c(N)ncnc21.CC(C)n1cnc2c(N)ncnc21.CC(C)n1nc(-c2ccc3c(c2)CC(=O)N3)c2c(N)ncnc21.CC(C)n1nc(-c2ccccc2)c2c(N)ncnc21.CC(C)n1nc(-c2cccnc2)c2c(N)ncnc21.CC(C)n1ncc2c(N)ncnc21. The van der Waals surface area contributed by atoms with Crippen molar-refractivity contribution in [3.63, 3.8) is 0 Å². The number of amides is 1.